The highest BCUT2D eigenvalue weighted by Crippen LogP contribution is 2.32. The predicted molar refractivity (Wildman–Crippen MR) is 62.3 cm³/mol. The van der Waals surface area contributed by atoms with Crippen LogP contribution in [0.5, 0.6) is 0 Å². The molecular weight excluding hydrogens is 194 g/mol. The Labute approximate surface area is 91.0 Å². The van der Waals surface area contributed by atoms with Crippen molar-refractivity contribution >= 4 is 17.7 Å². The van der Waals surface area contributed by atoms with Crippen molar-refractivity contribution in [2.75, 3.05) is 5.75 Å². The third-order valence-electron chi connectivity index (χ3n) is 3.00. The van der Waals surface area contributed by atoms with E-state index in [9.17, 15) is 4.79 Å². The van der Waals surface area contributed by atoms with Gasteiger partial charge in [-0.05, 0) is 38.4 Å². The van der Waals surface area contributed by atoms with E-state index in [0.717, 1.165) is 11.7 Å². The first-order valence-electron chi connectivity index (χ1n) is 5.46. The summed E-state index contributed by atoms with van der Waals surface area (Å²) in [6.45, 7) is 3.84. The summed E-state index contributed by atoms with van der Waals surface area (Å²) in [7, 11) is 0. The van der Waals surface area contributed by atoms with Gasteiger partial charge in [-0.1, -0.05) is 19.3 Å². The minimum atomic E-state index is -0.391. The van der Waals surface area contributed by atoms with Crippen LogP contribution in [0.2, 0.25) is 0 Å². The van der Waals surface area contributed by atoms with Crippen LogP contribution in [0.3, 0.4) is 0 Å². The van der Waals surface area contributed by atoms with Gasteiger partial charge in [0.25, 0.3) is 0 Å². The Morgan fingerprint density at radius 1 is 1.36 bits per heavy atom. The maximum Gasteiger partial charge on any atom is 0.233 e. The molecule has 0 aromatic heterocycles. The third-order valence-corrected chi connectivity index (χ3v) is 4.56. The van der Waals surface area contributed by atoms with E-state index >= 15 is 0 Å². The van der Waals surface area contributed by atoms with Crippen molar-refractivity contribution in [1.29, 1.82) is 0 Å². The van der Waals surface area contributed by atoms with Gasteiger partial charge in [0, 0.05) is 0 Å². The maximum atomic E-state index is 11.1. The van der Waals surface area contributed by atoms with Crippen molar-refractivity contribution in [2.24, 2.45) is 11.7 Å². The lowest BCUT2D eigenvalue weighted by Crippen LogP contribution is -2.35. The Kier molecular flexibility index (Phi) is 4.30. The molecule has 0 bridgehead atoms. The number of carbonyl (C=O) groups excluding carboxylic acids is 1. The maximum absolute atomic E-state index is 11.1. The highest BCUT2D eigenvalue weighted by Gasteiger charge is 2.27. The first kappa shape index (κ1) is 11.9. The number of primary amides is 1. The van der Waals surface area contributed by atoms with Gasteiger partial charge in [-0.25, -0.2) is 0 Å². The van der Waals surface area contributed by atoms with Gasteiger partial charge >= 0.3 is 0 Å². The molecule has 0 heterocycles. The van der Waals surface area contributed by atoms with Crippen molar-refractivity contribution < 1.29 is 4.79 Å². The van der Waals surface area contributed by atoms with Crippen molar-refractivity contribution in [3.05, 3.63) is 0 Å². The van der Waals surface area contributed by atoms with Crippen LogP contribution < -0.4 is 5.73 Å². The van der Waals surface area contributed by atoms with Gasteiger partial charge in [-0.2, -0.15) is 0 Å². The zero-order chi connectivity index (χ0) is 10.6. The molecule has 0 radical (unpaired) electrons. The van der Waals surface area contributed by atoms with E-state index < -0.39 is 4.75 Å². The summed E-state index contributed by atoms with van der Waals surface area (Å²) in [6, 6.07) is 0. The molecule has 2 nitrogen and oxygen atoms in total. The Morgan fingerprint density at radius 3 is 2.43 bits per heavy atom. The summed E-state index contributed by atoms with van der Waals surface area (Å²) >= 11 is 1.72. The van der Waals surface area contributed by atoms with E-state index in [-0.39, 0.29) is 5.91 Å². The molecule has 2 N–H and O–H groups in total. The Morgan fingerprint density at radius 2 is 1.93 bits per heavy atom. The summed E-state index contributed by atoms with van der Waals surface area (Å²) in [4.78, 5) is 11.1. The second-order valence-electron chi connectivity index (χ2n) is 4.69. The quantitative estimate of drug-likeness (QED) is 0.783. The average molecular weight is 215 g/mol. The van der Waals surface area contributed by atoms with E-state index in [1.807, 2.05) is 13.8 Å². The van der Waals surface area contributed by atoms with Crippen molar-refractivity contribution in [3.8, 4) is 0 Å². The van der Waals surface area contributed by atoms with E-state index in [0.29, 0.717) is 0 Å². The van der Waals surface area contributed by atoms with Gasteiger partial charge in [-0.3, -0.25) is 4.79 Å². The number of nitrogens with two attached hydrogens (primary N) is 1. The van der Waals surface area contributed by atoms with Crippen molar-refractivity contribution in [2.45, 2.75) is 50.7 Å². The molecule has 1 fully saturated rings. The topological polar surface area (TPSA) is 43.1 Å². The molecule has 0 unspecified atom stereocenters. The van der Waals surface area contributed by atoms with Crippen LogP contribution >= 0.6 is 11.8 Å². The largest absolute Gasteiger partial charge is 0.368 e. The second kappa shape index (κ2) is 5.06. The minimum Gasteiger partial charge on any atom is -0.368 e. The van der Waals surface area contributed by atoms with Gasteiger partial charge in [0.05, 0.1) is 4.75 Å². The molecule has 1 aliphatic rings. The number of hydrogen-bond acceptors (Lipinski definition) is 2. The molecule has 3 heteroatoms. The summed E-state index contributed by atoms with van der Waals surface area (Å²) in [5.41, 5.74) is 5.33. The van der Waals surface area contributed by atoms with Gasteiger partial charge in [0.2, 0.25) is 5.91 Å². The fourth-order valence-corrected chi connectivity index (χ4v) is 2.88. The molecule has 1 saturated carbocycles. The summed E-state index contributed by atoms with van der Waals surface area (Å²) in [5.74, 6) is 1.71. The van der Waals surface area contributed by atoms with Crippen LogP contribution in [0.15, 0.2) is 0 Å². The van der Waals surface area contributed by atoms with Crippen LogP contribution in [-0.2, 0) is 4.79 Å². The van der Waals surface area contributed by atoms with Gasteiger partial charge < -0.3 is 5.73 Å². The van der Waals surface area contributed by atoms with Crippen LogP contribution in [0.1, 0.15) is 46.0 Å². The second-order valence-corrected chi connectivity index (χ2v) is 6.33. The molecule has 0 aliphatic heterocycles. The molecule has 0 atom stereocenters. The normalized spacial score (nSPS) is 19.6. The van der Waals surface area contributed by atoms with E-state index in [1.165, 1.54) is 32.1 Å². The van der Waals surface area contributed by atoms with Crippen LogP contribution in [0.25, 0.3) is 0 Å². The monoisotopic (exact) mass is 215 g/mol. The molecule has 1 aliphatic carbocycles. The SMILES string of the molecule is CC(C)(SCC1CCCCC1)C(N)=O. The lowest BCUT2D eigenvalue weighted by molar-refractivity contribution is -0.119. The predicted octanol–water partition coefficient (Wildman–Crippen LogP) is 2.56. The van der Waals surface area contributed by atoms with E-state index in [4.69, 9.17) is 5.73 Å². The zero-order valence-electron chi connectivity index (χ0n) is 9.21. The fourth-order valence-electron chi connectivity index (χ4n) is 1.75. The molecule has 14 heavy (non-hydrogen) atoms. The van der Waals surface area contributed by atoms with Crippen molar-refractivity contribution in [1.82, 2.24) is 0 Å². The Hall–Kier alpha value is -0.180. The Balaban J connectivity index is 2.28. The molecule has 1 rings (SSSR count). The van der Waals surface area contributed by atoms with Gasteiger partial charge in [0.15, 0.2) is 0 Å². The summed E-state index contributed by atoms with van der Waals surface area (Å²) < 4.78 is -0.391. The number of amides is 1. The van der Waals surface area contributed by atoms with Gasteiger partial charge in [-0.15, -0.1) is 11.8 Å². The minimum absolute atomic E-state index is 0.196. The van der Waals surface area contributed by atoms with Gasteiger partial charge in [0.1, 0.15) is 0 Å². The number of thioether (sulfide) groups is 1. The van der Waals surface area contributed by atoms with Crippen molar-refractivity contribution in [3.63, 3.8) is 0 Å². The first-order chi connectivity index (χ1) is 6.52. The molecule has 0 aromatic carbocycles. The average Bonchev–Trinajstić information content (AvgIpc) is 2.16. The fraction of sp³-hybridized carbons (Fsp3) is 0.909. The van der Waals surface area contributed by atoms with Crippen LogP contribution in [0.4, 0.5) is 0 Å². The van der Waals surface area contributed by atoms with Crippen LogP contribution in [0, 0.1) is 5.92 Å². The standard InChI is InChI=1S/C11H21NOS/c1-11(2,10(12)13)14-8-9-6-4-3-5-7-9/h9H,3-8H2,1-2H3,(H2,12,13). The van der Waals surface area contributed by atoms with E-state index in [1.54, 1.807) is 11.8 Å². The highest BCUT2D eigenvalue weighted by atomic mass is 32.2. The van der Waals surface area contributed by atoms with Crippen LogP contribution in [-0.4, -0.2) is 16.4 Å². The lowest BCUT2D eigenvalue weighted by atomic mass is 9.91. The molecule has 0 saturated heterocycles. The smallest absolute Gasteiger partial charge is 0.233 e. The molecule has 1 amide bonds. The molecule has 0 spiro atoms. The zero-order valence-corrected chi connectivity index (χ0v) is 10.0. The Bertz CT molecular complexity index is 197. The molecular formula is C11H21NOS. The lowest BCUT2D eigenvalue weighted by Gasteiger charge is -2.26. The highest BCUT2D eigenvalue weighted by molar-refractivity contribution is 8.01. The third kappa shape index (κ3) is 3.52. The van der Waals surface area contributed by atoms with E-state index in [2.05, 4.69) is 0 Å². The molecule has 82 valence electrons. The number of hydrogen-bond donors (Lipinski definition) is 1. The first-order valence-corrected chi connectivity index (χ1v) is 6.45. The number of carbonyl (C=O) groups is 1. The number of rotatable bonds is 4. The molecule has 0 aromatic rings. The summed E-state index contributed by atoms with van der Waals surface area (Å²) in [6.07, 6.45) is 6.79. The summed E-state index contributed by atoms with van der Waals surface area (Å²) in [5, 5.41) is 0.